The van der Waals surface area contributed by atoms with Gasteiger partial charge in [0, 0.05) is 12.1 Å². The summed E-state index contributed by atoms with van der Waals surface area (Å²) in [6, 6.07) is 0.829. The van der Waals surface area contributed by atoms with Gasteiger partial charge in [-0.2, -0.15) is 0 Å². The quantitative estimate of drug-likeness (QED) is 0.612. The fourth-order valence-corrected chi connectivity index (χ4v) is 3.23. The van der Waals surface area contributed by atoms with Crippen LogP contribution < -0.4 is 11.5 Å². The molecule has 0 spiro atoms. The van der Waals surface area contributed by atoms with E-state index in [1.54, 1.807) is 0 Å². The van der Waals surface area contributed by atoms with Crippen LogP contribution in [0.25, 0.3) is 0 Å². The molecule has 1 saturated carbocycles. The molecule has 1 rings (SSSR count). The highest BCUT2D eigenvalue weighted by Crippen LogP contribution is 2.27. The summed E-state index contributed by atoms with van der Waals surface area (Å²) in [7, 11) is 0. The molecule has 0 bridgehead atoms. The molecule has 1 aliphatic rings. The molecule has 0 aromatic heterocycles. The van der Waals surface area contributed by atoms with E-state index in [4.69, 9.17) is 11.5 Å². The van der Waals surface area contributed by atoms with Gasteiger partial charge in [-0.05, 0) is 31.6 Å². The molecule has 18 heavy (non-hydrogen) atoms. The van der Waals surface area contributed by atoms with Crippen LogP contribution in [0.4, 0.5) is 0 Å². The van der Waals surface area contributed by atoms with E-state index in [-0.39, 0.29) is 0 Å². The van der Waals surface area contributed by atoms with Gasteiger partial charge in [0.1, 0.15) is 0 Å². The van der Waals surface area contributed by atoms with Gasteiger partial charge in [-0.3, -0.25) is 0 Å². The minimum absolute atomic E-state index is 0.409. The fourth-order valence-electron chi connectivity index (χ4n) is 3.23. The summed E-state index contributed by atoms with van der Waals surface area (Å²) in [6.45, 7) is 2.27. The number of hydrogen-bond donors (Lipinski definition) is 2. The normalized spacial score (nSPS) is 26.2. The van der Waals surface area contributed by atoms with Gasteiger partial charge in [0.05, 0.1) is 0 Å². The van der Waals surface area contributed by atoms with Crippen molar-refractivity contribution in [1.29, 1.82) is 0 Å². The third kappa shape index (κ3) is 6.75. The average Bonchev–Trinajstić information content (AvgIpc) is 2.37. The minimum Gasteiger partial charge on any atom is -0.328 e. The highest BCUT2D eigenvalue weighted by Gasteiger charge is 2.23. The van der Waals surface area contributed by atoms with E-state index >= 15 is 0 Å². The Kier molecular flexibility index (Phi) is 8.70. The van der Waals surface area contributed by atoms with Crippen LogP contribution in [0.1, 0.15) is 84.0 Å². The molecular formula is C16H34N2. The Morgan fingerprint density at radius 3 is 2.33 bits per heavy atom. The van der Waals surface area contributed by atoms with E-state index in [0.717, 1.165) is 6.42 Å². The van der Waals surface area contributed by atoms with Crippen LogP contribution in [0.15, 0.2) is 0 Å². The molecule has 2 heteroatoms. The van der Waals surface area contributed by atoms with Crippen LogP contribution in [-0.4, -0.2) is 12.1 Å². The fraction of sp³-hybridized carbons (Fsp3) is 1.00. The van der Waals surface area contributed by atoms with Gasteiger partial charge >= 0.3 is 0 Å². The van der Waals surface area contributed by atoms with Crippen LogP contribution in [-0.2, 0) is 0 Å². The van der Waals surface area contributed by atoms with Crippen LogP contribution in [0.2, 0.25) is 0 Å². The second-order valence-electron chi connectivity index (χ2n) is 6.26. The smallest absolute Gasteiger partial charge is 0.00677 e. The summed E-state index contributed by atoms with van der Waals surface area (Å²) < 4.78 is 0. The Morgan fingerprint density at radius 1 is 1.00 bits per heavy atom. The van der Waals surface area contributed by atoms with Gasteiger partial charge in [0.15, 0.2) is 0 Å². The van der Waals surface area contributed by atoms with Crippen LogP contribution in [0.5, 0.6) is 0 Å². The van der Waals surface area contributed by atoms with Gasteiger partial charge in [-0.25, -0.2) is 0 Å². The van der Waals surface area contributed by atoms with E-state index < -0.39 is 0 Å². The van der Waals surface area contributed by atoms with E-state index in [0.29, 0.717) is 18.0 Å². The predicted octanol–water partition coefficient (Wildman–Crippen LogP) is 3.97. The van der Waals surface area contributed by atoms with E-state index in [1.165, 1.54) is 70.6 Å². The van der Waals surface area contributed by atoms with E-state index in [2.05, 4.69) is 6.92 Å². The van der Waals surface area contributed by atoms with Crippen LogP contribution in [0, 0.1) is 5.92 Å². The monoisotopic (exact) mass is 254 g/mol. The van der Waals surface area contributed by atoms with Crippen LogP contribution >= 0.6 is 0 Å². The van der Waals surface area contributed by atoms with Gasteiger partial charge < -0.3 is 11.5 Å². The third-order valence-corrected chi connectivity index (χ3v) is 4.50. The maximum Gasteiger partial charge on any atom is 0.00677 e. The average molecular weight is 254 g/mol. The molecule has 0 aromatic carbocycles. The molecular weight excluding hydrogens is 220 g/mol. The molecule has 0 heterocycles. The standard InChI is InChI=1S/C16H34N2/c1-2-3-4-5-6-7-8-12-16(18)14-10-9-11-15(17)13-14/h14-16H,2-13,17-18H2,1H3. The molecule has 1 fully saturated rings. The van der Waals surface area contributed by atoms with E-state index in [1.807, 2.05) is 0 Å². The van der Waals surface area contributed by atoms with Crippen molar-refractivity contribution in [3.8, 4) is 0 Å². The number of unbranched alkanes of at least 4 members (excludes halogenated alkanes) is 6. The molecule has 3 unspecified atom stereocenters. The Bertz CT molecular complexity index is 194. The zero-order valence-electron chi connectivity index (χ0n) is 12.4. The molecule has 3 atom stereocenters. The van der Waals surface area contributed by atoms with Crippen molar-refractivity contribution < 1.29 is 0 Å². The Labute approximate surface area is 114 Å². The lowest BCUT2D eigenvalue weighted by Crippen LogP contribution is -2.38. The van der Waals surface area contributed by atoms with Crippen molar-refractivity contribution in [2.45, 2.75) is 96.1 Å². The third-order valence-electron chi connectivity index (χ3n) is 4.50. The lowest BCUT2D eigenvalue weighted by Gasteiger charge is -2.31. The van der Waals surface area contributed by atoms with Crippen molar-refractivity contribution in [3.05, 3.63) is 0 Å². The second kappa shape index (κ2) is 9.80. The minimum atomic E-state index is 0.409. The Balaban J connectivity index is 1.97. The second-order valence-corrected chi connectivity index (χ2v) is 6.26. The molecule has 108 valence electrons. The zero-order chi connectivity index (χ0) is 13.2. The van der Waals surface area contributed by atoms with Crippen molar-refractivity contribution in [2.24, 2.45) is 17.4 Å². The lowest BCUT2D eigenvalue weighted by molar-refractivity contribution is 0.266. The first kappa shape index (κ1) is 16.0. The number of hydrogen-bond acceptors (Lipinski definition) is 2. The molecule has 0 radical (unpaired) electrons. The molecule has 1 aliphatic carbocycles. The molecule has 4 N–H and O–H groups in total. The first-order valence-electron chi connectivity index (χ1n) is 8.25. The predicted molar refractivity (Wildman–Crippen MR) is 80.5 cm³/mol. The van der Waals surface area contributed by atoms with Gasteiger partial charge in [-0.1, -0.05) is 58.3 Å². The van der Waals surface area contributed by atoms with Gasteiger partial charge in [0.2, 0.25) is 0 Å². The maximum atomic E-state index is 6.32. The molecule has 0 aliphatic heterocycles. The molecule has 0 saturated heterocycles. The highest BCUT2D eigenvalue weighted by molar-refractivity contribution is 4.81. The van der Waals surface area contributed by atoms with Gasteiger partial charge in [0.25, 0.3) is 0 Å². The number of nitrogens with two attached hydrogens (primary N) is 2. The summed E-state index contributed by atoms with van der Waals surface area (Å²) in [6.07, 6.45) is 15.8. The maximum absolute atomic E-state index is 6.32. The first-order chi connectivity index (χ1) is 8.74. The molecule has 2 nitrogen and oxygen atoms in total. The summed E-state index contributed by atoms with van der Waals surface area (Å²) in [4.78, 5) is 0. The highest BCUT2D eigenvalue weighted by atomic mass is 14.7. The van der Waals surface area contributed by atoms with Gasteiger partial charge in [-0.15, -0.1) is 0 Å². The molecule has 0 aromatic rings. The topological polar surface area (TPSA) is 52.0 Å². The SMILES string of the molecule is CCCCCCCCCC(N)C1CCCC(N)C1. The first-order valence-corrected chi connectivity index (χ1v) is 8.25. The van der Waals surface area contributed by atoms with E-state index in [9.17, 15) is 0 Å². The Morgan fingerprint density at radius 2 is 1.67 bits per heavy atom. The van der Waals surface area contributed by atoms with Crippen molar-refractivity contribution in [1.82, 2.24) is 0 Å². The van der Waals surface area contributed by atoms with Crippen molar-refractivity contribution >= 4 is 0 Å². The molecule has 0 amide bonds. The summed E-state index contributed by atoms with van der Waals surface area (Å²) >= 11 is 0. The van der Waals surface area contributed by atoms with Crippen molar-refractivity contribution in [3.63, 3.8) is 0 Å². The van der Waals surface area contributed by atoms with Crippen LogP contribution in [0.3, 0.4) is 0 Å². The summed E-state index contributed by atoms with van der Waals surface area (Å²) in [5, 5.41) is 0. The summed E-state index contributed by atoms with van der Waals surface area (Å²) in [5.41, 5.74) is 12.3. The largest absolute Gasteiger partial charge is 0.328 e. The lowest BCUT2D eigenvalue weighted by atomic mass is 9.80. The zero-order valence-corrected chi connectivity index (χ0v) is 12.4. The Hall–Kier alpha value is -0.0800. The summed E-state index contributed by atoms with van der Waals surface area (Å²) in [5.74, 6) is 0.703. The van der Waals surface area contributed by atoms with Crippen molar-refractivity contribution in [2.75, 3.05) is 0 Å². The number of rotatable bonds is 9.